The fourth-order valence-electron chi connectivity index (χ4n) is 2.02. The molecule has 0 radical (unpaired) electrons. The van der Waals surface area contributed by atoms with E-state index in [1.807, 2.05) is 60.7 Å². The van der Waals surface area contributed by atoms with Gasteiger partial charge in [0.05, 0.1) is 11.9 Å². The molecule has 0 unspecified atom stereocenters. The van der Waals surface area contributed by atoms with Crippen LogP contribution in [0.4, 0.5) is 10.1 Å². The van der Waals surface area contributed by atoms with Crippen molar-refractivity contribution in [2.75, 3.05) is 0 Å². The molecular formula is C21H16FNO2. The number of rotatable bonds is 5. The summed E-state index contributed by atoms with van der Waals surface area (Å²) < 4.78 is 24.4. The summed E-state index contributed by atoms with van der Waals surface area (Å²) in [5.41, 5.74) is 0.580. The Labute approximate surface area is 145 Å². The van der Waals surface area contributed by atoms with Gasteiger partial charge in [0.15, 0.2) is 0 Å². The van der Waals surface area contributed by atoms with E-state index < -0.39 is 0 Å². The van der Waals surface area contributed by atoms with Crippen LogP contribution >= 0.6 is 0 Å². The highest BCUT2D eigenvalue weighted by Crippen LogP contribution is 2.16. The van der Waals surface area contributed by atoms with Gasteiger partial charge in [-0.1, -0.05) is 36.4 Å². The Hall–Kier alpha value is -3.40. The third kappa shape index (κ3) is 5.32. The van der Waals surface area contributed by atoms with Crippen LogP contribution in [0.3, 0.4) is 0 Å². The standard InChI is InChI=1S/C21H16FNO2/c22-17-11-13-18(14-12-17)23-21(25-20-9-5-2-6-10-20)15-16-24-19-7-3-1-4-8-19/h1-16H. The molecule has 0 spiro atoms. The molecule has 0 aliphatic heterocycles. The smallest absolute Gasteiger partial charge is 0.222 e. The molecule has 0 aromatic heterocycles. The Morgan fingerprint density at radius 3 is 2.00 bits per heavy atom. The van der Waals surface area contributed by atoms with E-state index in [9.17, 15) is 4.39 Å². The third-order valence-corrected chi connectivity index (χ3v) is 3.19. The fourth-order valence-corrected chi connectivity index (χ4v) is 2.02. The maximum Gasteiger partial charge on any atom is 0.222 e. The molecule has 4 heteroatoms. The Balaban J connectivity index is 1.79. The zero-order chi connectivity index (χ0) is 17.3. The van der Waals surface area contributed by atoms with Crippen molar-refractivity contribution >= 4 is 11.6 Å². The summed E-state index contributed by atoms with van der Waals surface area (Å²) in [5.74, 6) is 1.37. The molecule has 0 aliphatic carbocycles. The van der Waals surface area contributed by atoms with Crippen molar-refractivity contribution < 1.29 is 13.9 Å². The number of nitrogens with zero attached hydrogens (tertiary/aromatic N) is 1. The average Bonchev–Trinajstić information content (AvgIpc) is 2.65. The Kier molecular flexibility index (Phi) is 5.56. The second kappa shape index (κ2) is 8.45. The minimum atomic E-state index is -0.313. The molecule has 0 amide bonds. The highest BCUT2D eigenvalue weighted by molar-refractivity contribution is 5.91. The summed E-state index contributed by atoms with van der Waals surface area (Å²) in [6.07, 6.45) is 3.12. The van der Waals surface area contributed by atoms with Gasteiger partial charge in [-0.2, -0.15) is 0 Å². The van der Waals surface area contributed by atoms with E-state index in [2.05, 4.69) is 4.99 Å². The maximum atomic E-state index is 13.0. The summed E-state index contributed by atoms with van der Waals surface area (Å²) in [7, 11) is 0. The number of ether oxygens (including phenoxy) is 2. The Morgan fingerprint density at radius 1 is 0.760 bits per heavy atom. The van der Waals surface area contributed by atoms with Gasteiger partial charge in [-0.15, -0.1) is 0 Å². The minimum Gasteiger partial charge on any atom is -0.465 e. The van der Waals surface area contributed by atoms with E-state index in [4.69, 9.17) is 9.47 Å². The van der Waals surface area contributed by atoms with Crippen molar-refractivity contribution in [3.8, 4) is 11.5 Å². The highest BCUT2D eigenvalue weighted by Gasteiger charge is 2.01. The van der Waals surface area contributed by atoms with E-state index in [0.29, 0.717) is 23.1 Å². The number of halogens is 1. The molecule has 0 atom stereocenters. The minimum absolute atomic E-state index is 0.313. The van der Waals surface area contributed by atoms with Gasteiger partial charge in [0.1, 0.15) is 17.3 Å². The van der Waals surface area contributed by atoms with Gasteiger partial charge in [-0.05, 0) is 48.5 Å². The molecule has 0 heterocycles. The maximum absolute atomic E-state index is 13.0. The number of hydrogen-bond acceptors (Lipinski definition) is 3. The van der Waals surface area contributed by atoms with Crippen LogP contribution in [0.25, 0.3) is 0 Å². The highest BCUT2D eigenvalue weighted by atomic mass is 19.1. The van der Waals surface area contributed by atoms with E-state index >= 15 is 0 Å². The van der Waals surface area contributed by atoms with Gasteiger partial charge >= 0.3 is 0 Å². The molecule has 124 valence electrons. The largest absolute Gasteiger partial charge is 0.465 e. The molecule has 3 nitrogen and oxygen atoms in total. The van der Waals surface area contributed by atoms with Gasteiger partial charge in [0.2, 0.25) is 5.90 Å². The first-order valence-corrected chi connectivity index (χ1v) is 7.75. The van der Waals surface area contributed by atoms with Crippen LogP contribution in [0.2, 0.25) is 0 Å². The average molecular weight is 333 g/mol. The zero-order valence-electron chi connectivity index (χ0n) is 13.4. The van der Waals surface area contributed by atoms with E-state index in [1.165, 1.54) is 18.4 Å². The van der Waals surface area contributed by atoms with Gasteiger partial charge in [0.25, 0.3) is 0 Å². The summed E-state index contributed by atoms with van der Waals surface area (Å²) in [6, 6.07) is 24.5. The van der Waals surface area contributed by atoms with Gasteiger partial charge in [0, 0.05) is 6.08 Å². The van der Waals surface area contributed by atoms with Crippen molar-refractivity contribution in [2.24, 2.45) is 4.99 Å². The molecule has 0 saturated carbocycles. The number of aliphatic imine (C=N–C) groups is 1. The first-order valence-electron chi connectivity index (χ1n) is 7.75. The number of hydrogen-bond donors (Lipinski definition) is 0. The number of para-hydroxylation sites is 2. The van der Waals surface area contributed by atoms with Crippen LogP contribution in [-0.2, 0) is 0 Å². The van der Waals surface area contributed by atoms with Gasteiger partial charge in [-0.3, -0.25) is 0 Å². The zero-order valence-corrected chi connectivity index (χ0v) is 13.4. The Bertz CT molecular complexity index is 844. The molecule has 3 aromatic carbocycles. The second-order valence-electron chi connectivity index (χ2n) is 5.08. The van der Waals surface area contributed by atoms with E-state index in [-0.39, 0.29) is 5.82 Å². The van der Waals surface area contributed by atoms with Crippen LogP contribution in [0.5, 0.6) is 11.5 Å². The lowest BCUT2D eigenvalue weighted by molar-refractivity contribution is 0.479. The molecule has 25 heavy (non-hydrogen) atoms. The van der Waals surface area contributed by atoms with Crippen molar-refractivity contribution in [3.05, 3.63) is 103 Å². The first-order chi connectivity index (χ1) is 12.3. The molecule has 3 aromatic rings. The summed E-state index contributed by atoms with van der Waals surface area (Å²) in [4.78, 5) is 4.39. The lowest BCUT2D eigenvalue weighted by atomic mass is 10.3. The van der Waals surface area contributed by atoms with E-state index in [1.54, 1.807) is 18.2 Å². The van der Waals surface area contributed by atoms with Crippen LogP contribution < -0.4 is 9.47 Å². The Morgan fingerprint density at radius 2 is 1.36 bits per heavy atom. The molecule has 0 bridgehead atoms. The first kappa shape index (κ1) is 16.5. The third-order valence-electron chi connectivity index (χ3n) is 3.19. The topological polar surface area (TPSA) is 30.8 Å². The van der Waals surface area contributed by atoms with Crippen molar-refractivity contribution in [2.45, 2.75) is 0 Å². The molecule has 0 fully saturated rings. The molecule has 0 aliphatic rings. The quantitative estimate of drug-likeness (QED) is 0.349. The van der Waals surface area contributed by atoms with Crippen LogP contribution in [0, 0.1) is 5.82 Å². The summed E-state index contributed by atoms with van der Waals surface area (Å²) in [6.45, 7) is 0. The normalized spacial score (nSPS) is 11.5. The molecular weight excluding hydrogens is 317 g/mol. The van der Waals surface area contributed by atoms with Gasteiger partial charge < -0.3 is 9.47 Å². The monoisotopic (exact) mass is 333 g/mol. The fraction of sp³-hybridized carbons (Fsp3) is 0. The van der Waals surface area contributed by atoms with E-state index in [0.717, 1.165) is 0 Å². The summed E-state index contributed by atoms with van der Waals surface area (Å²) >= 11 is 0. The lowest BCUT2D eigenvalue weighted by Gasteiger charge is -2.06. The predicted molar refractivity (Wildman–Crippen MR) is 96.8 cm³/mol. The van der Waals surface area contributed by atoms with Crippen LogP contribution in [0.15, 0.2) is 102 Å². The van der Waals surface area contributed by atoms with Crippen molar-refractivity contribution in [3.63, 3.8) is 0 Å². The van der Waals surface area contributed by atoms with Crippen molar-refractivity contribution in [1.29, 1.82) is 0 Å². The molecule has 3 rings (SSSR count). The number of benzene rings is 3. The summed E-state index contributed by atoms with van der Waals surface area (Å²) in [5, 5.41) is 0. The van der Waals surface area contributed by atoms with Gasteiger partial charge in [-0.25, -0.2) is 9.38 Å². The molecule has 0 saturated heterocycles. The van der Waals surface area contributed by atoms with Crippen molar-refractivity contribution in [1.82, 2.24) is 0 Å². The second-order valence-corrected chi connectivity index (χ2v) is 5.08. The van der Waals surface area contributed by atoms with Crippen LogP contribution in [0.1, 0.15) is 0 Å². The van der Waals surface area contributed by atoms with Crippen LogP contribution in [-0.4, -0.2) is 5.90 Å². The molecule has 0 N–H and O–H groups in total. The lowest BCUT2D eigenvalue weighted by Crippen LogP contribution is -2.05. The SMILES string of the molecule is Fc1ccc(N=C(C=COc2ccccc2)Oc2ccccc2)cc1. The predicted octanol–water partition coefficient (Wildman–Crippen LogP) is 5.53.